The average molecular weight is 252 g/mol. The second-order valence-corrected chi connectivity index (χ2v) is 5.31. The highest BCUT2D eigenvalue weighted by Crippen LogP contribution is 2.15. The summed E-state index contributed by atoms with van der Waals surface area (Å²) < 4.78 is 2.05. The van der Waals surface area contributed by atoms with Gasteiger partial charge < -0.3 is 5.32 Å². The minimum Gasteiger partial charge on any atom is -0.316 e. The molecule has 0 saturated carbocycles. The van der Waals surface area contributed by atoms with Crippen LogP contribution in [0.15, 0.2) is 6.33 Å². The van der Waals surface area contributed by atoms with Gasteiger partial charge in [-0.2, -0.15) is 5.10 Å². The predicted molar refractivity (Wildman–Crippen MR) is 75.5 cm³/mol. The summed E-state index contributed by atoms with van der Waals surface area (Å²) in [5.41, 5.74) is 0. The van der Waals surface area contributed by atoms with Gasteiger partial charge in [-0.3, -0.25) is 4.68 Å². The molecule has 1 atom stereocenters. The van der Waals surface area contributed by atoms with Crippen molar-refractivity contribution in [3.63, 3.8) is 0 Å². The lowest BCUT2D eigenvalue weighted by molar-refractivity contribution is 0.348. The molecule has 0 radical (unpaired) electrons. The van der Waals surface area contributed by atoms with Crippen LogP contribution in [0.25, 0.3) is 0 Å². The molecule has 0 spiro atoms. The third kappa shape index (κ3) is 4.77. The highest BCUT2D eigenvalue weighted by Gasteiger charge is 2.16. The summed E-state index contributed by atoms with van der Waals surface area (Å²) in [6.07, 6.45) is 5.00. The second kappa shape index (κ2) is 8.25. The average Bonchev–Trinajstić information content (AvgIpc) is 2.76. The Morgan fingerprint density at radius 2 is 2.06 bits per heavy atom. The predicted octanol–water partition coefficient (Wildman–Crippen LogP) is 2.50. The Kier molecular flexibility index (Phi) is 6.94. The monoisotopic (exact) mass is 252 g/mol. The van der Waals surface area contributed by atoms with Gasteiger partial charge in [0.1, 0.15) is 12.2 Å². The van der Waals surface area contributed by atoms with Crippen LogP contribution in [-0.4, -0.2) is 27.9 Å². The first kappa shape index (κ1) is 15.2. The molecule has 1 aromatic heterocycles. The van der Waals surface area contributed by atoms with E-state index in [1.165, 1.54) is 6.42 Å². The van der Waals surface area contributed by atoms with Crippen molar-refractivity contribution in [3.05, 3.63) is 12.2 Å². The summed E-state index contributed by atoms with van der Waals surface area (Å²) in [4.78, 5) is 4.41. The number of aromatic nitrogens is 3. The maximum Gasteiger partial charge on any atom is 0.138 e. The fraction of sp³-hybridized carbons (Fsp3) is 0.857. The van der Waals surface area contributed by atoms with Crippen LogP contribution in [0.5, 0.6) is 0 Å². The molecule has 4 heteroatoms. The summed E-state index contributed by atoms with van der Waals surface area (Å²) in [6.45, 7) is 12.1. The molecule has 1 rings (SSSR count). The first-order valence-electron chi connectivity index (χ1n) is 7.26. The first-order valence-corrected chi connectivity index (χ1v) is 7.26. The van der Waals surface area contributed by atoms with E-state index in [4.69, 9.17) is 0 Å². The van der Waals surface area contributed by atoms with Gasteiger partial charge in [0.05, 0.1) is 0 Å². The highest BCUT2D eigenvalue weighted by molar-refractivity contribution is 4.89. The van der Waals surface area contributed by atoms with Gasteiger partial charge in [-0.05, 0) is 37.8 Å². The maximum atomic E-state index is 4.41. The van der Waals surface area contributed by atoms with E-state index in [1.54, 1.807) is 6.33 Å². The molecule has 0 aliphatic heterocycles. The maximum absolute atomic E-state index is 4.41. The van der Waals surface area contributed by atoms with Crippen molar-refractivity contribution in [2.24, 2.45) is 11.8 Å². The molecule has 18 heavy (non-hydrogen) atoms. The van der Waals surface area contributed by atoms with Crippen LogP contribution in [0.3, 0.4) is 0 Å². The number of rotatable bonds is 9. The van der Waals surface area contributed by atoms with Crippen molar-refractivity contribution in [1.29, 1.82) is 0 Å². The van der Waals surface area contributed by atoms with Gasteiger partial charge in [0, 0.05) is 13.0 Å². The van der Waals surface area contributed by atoms with E-state index in [1.807, 2.05) is 0 Å². The quantitative estimate of drug-likeness (QED) is 0.687. The first-order chi connectivity index (χ1) is 8.69. The van der Waals surface area contributed by atoms with E-state index >= 15 is 0 Å². The molecule has 0 saturated heterocycles. The summed E-state index contributed by atoms with van der Waals surface area (Å²) in [5.74, 6) is 2.44. The molecule has 4 nitrogen and oxygen atoms in total. The molecule has 0 aromatic carbocycles. The largest absolute Gasteiger partial charge is 0.316 e. The van der Waals surface area contributed by atoms with Crippen LogP contribution in [0, 0.1) is 11.8 Å². The van der Waals surface area contributed by atoms with Gasteiger partial charge in [-0.15, -0.1) is 0 Å². The lowest BCUT2D eigenvalue weighted by Gasteiger charge is -2.21. The minimum atomic E-state index is 0.636. The highest BCUT2D eigenvalue weighted by atomic mass is 15.3. The number of hydrogen-bond acceptors (Lipinski definition) is 3. The van der Waals surface area contributed by atoms with Crippen LogP contribution in [-0.2, 0) is 13.0 Å². The number of aryl methyl sites for hydroxylation is 1. The zero-order valence-corrected chi connectivity index (χ0v) is 12.3. The summed E-state index contributed by atoms with van der Waals surface area (Å²) in [5, 5.41) is 7.82. The lowest BCUT2D eigenvalue weighted by atomic mass is 9.92. The third-order valence-corrected chi connectivity index (χ3v) is 3.35. The fourth-order valence-corrected chi connectivity index (χ4v) is 2.09. The fourth-order valence-electron chi connectivity index (χ4n) is 2.09. The topological polar surface area (TPSA) is 42.7 Å². The Balaban J connectivity index is 2.56. The molecule has 1 N–H and O–H groups in total. The molecule has 1 aromatic rings. The summed E-state index contributed by atoms with van der Waals surface area (Å²) in [6, 6.07) is 0. The van der Waals surface area contributed by atoms with Crippen molar-refractivity contribution in [1.82, 2.24) is 20.1 Å². The third-order valence-electron chi connectivity index (χ3n) is 3.35. The Morgan fingerprint density at radius 1 is 1.28 bits per heavy atom. The van der Waals surface area contributed by atoms with Crippen LogP contribution < -0.4 is 5.32 Å². The van der Waals surface area contributed by atoms with E-state index in [0.29, 0.717) is 11.8 Å². The van der Waals surface area contributed by atoms with Crippen molar-refractivity contribution in [2.75, 3.05) is 13.1 Å². The zero-order valence-electron chi connectivity index (χ0n) is 12.3. The van der Waals surface area contributed by atoms with E-state index < -0.39 is 0 Å². The molecule has 0 aliphatic rings. The van der Waals surface area contributed by atoms with Gasteiger partial charge in [0.15, 0.2) is 0 Å². The van der Waals surface area contributed by atoms with Gasteiger partial charge >= 0.3 is 0 Å². The second-order valence-electron chi connectivity index (χ2n) is 5.31. The SMILES string of the molecule is CCCNCC(Cc1ncnn1CCC)C(C)C. The smallest absolute Gasteiger partial charge is 0.138 e. The minimum absolute atomic E-state index is 0.636. The van der Waals surface area contributed by atoms with Crippen molar-refractivity contribution < 1.29 is 0 Å². The Hall–Kier alpha value is -0.900. The van der Waals surface area contributed by atoms with Gasteiger partial charge in [-0.25, -0.2) is 4.98 Å². The zero-order chi connectivity index (χ0) is 13.4. The van der Waals surface area contributed by atoms with Gasteiger partial charge in [0.2, 0.25) is 0 Å². The summed E-state index contributed by atoms with van der Waals surface area (Å²) >= 11 is 0. The van der Waals surface area contributed by atoms with E-state index in [2.05, 4.69) is 47.8 Å². The molecule has 104 valence electrons. The van der Waals surface area contributed by atoms with Crippen molar-refractivity contribution >= 4 is 0 Å². The molecule has 0 aliphatic carbocycles. The van der Waals surface area contributed by atoms with E-state index in [0.717, 1.165) is 38.3 Å². The normalized spacial score (nSPS) is 13.2. The van der Waals surface area contributed by atoms with Gasteiger partial charge in [-0.1, -0.05) is 27.7 Å². The molecule has 0 fully saturated rings. The van der Waals surface area contributed by atoms with Gasteiger partial charge in [0.25, 0.3) is 0 Å². The van der Waals surface area contributed by atoms with Crippen LogP contribution in [0.4, 0.5) is 0 Å². The van der Waals surface area contributed by atoms with Crippen LogP contribution >= 0.6 is 0 Å². The van der Waals surface area contributed by atoms with Crippen molar-refractivity contribution in [2.45, 2.75) is 53.5 Å². The standard InChI is InChI=1S/C14H28N4/c1-5-7-15-10-13(12(3)4)9-14-16-11-17-18(14)8-6-2/h11-13,15H,5-10H2,1-4H3. The van der Waals surface area contributed by atoms with E-state index in [9.17, 15) is 0 Å². The number of hydrogen-bond donors (Lipinski definition) is 1. The number of nitrogens with one attached hydrogen (secondary N) is 1. The van der Waals surface area contributed by atoms with E-state index in [-0.39, 0.29) is 0 Å². The molecular weight excluding hydrogens is 224 g/mol. The lowest BCUT2D eigenvalue weighted by Crippen LogP contribution is -2.29. The molecule has 0 bridgehead atoms. The van der Waals surface area contributed by atoms with Crippen molar-refractivity contribution in [3.8, 4) is 0 Å². The Morgan fingerprint density at radius 3 is 2.67 bits per heavy atom. The van der Waals surface area contributed by atoms with Crippen LogP contribution in [0.1, 0.15) is 46.4 Å². The van der Waals surface area contributed by atoms with Crippen LogP contribution in [0.2, 0.25) is 0 Å². The molecule has 1 unspecified atom stereocenters. The Bertz CT molecular complexity index is 319. The Labute approximate surface area is 111 Å². The number of nitrogens with zero attached hydrogens (tertiary/aromatic N) is 3. The molecular formula is C14H28N4. The molecule has 1 heterocycles. The summed E-state index contributed by atoms with van der Waals surface area (Å²) in [7, 11) is 0. The molecule has 0 amide bonds.